The number of nitrogens with one attached hydrogen (secondary N) is 1. The Balaban J connectivity index is 1.52. The van der Waals surface area contributed by atoms with Gasteiger partial charge in [0.25, 0.3) is 0 Å². The molecule has 3 nitrogen and oxygen atoms in total. The molecular weight excluding hydrogens is 387 g/mol. The van der Waals surface area contributed by atoms with Crippen molar-refractivity contribution in [1.29, 1.82) is 0 Å². The normalized spacial score (nSPS) is 22.4. The maximum atomic E-state index is 13.8. The van der Waals surface area contributed by atoms with Crippen LogP contribution in [0.3, 0.4) is 0 Å². The van der Waals surface area contributed by atoms with Gasteiger partial charge in [-0.3, -0.25) is 9.69 Å². The zero-order chi connectivity index (χ0) is 20.4. The van der Waals surface area contributed by atoms with Crippen molar-refractivity contribution in [2.45, 2.75) is 38.6 Å². The Bertz CT molecular complexity index is 883. The second kappa shape index (κ2) is 8.85. The van der Waals surface area contributed by atoms with Gasteiger partial charge >= 0.3 is 0 Å². The highest BCUT2D eigenvalue weighted by Crippen LogP contribution is 2.33. The molecule has 1 aliphatic carbocycles. The van der Waals surface area contributed by atoms with Gasteiger partial charge in [0.1, 0.15) is 5.82 Å². The Kier molecular flexibility index (Phi) is 6.21. The predicted molar refractivity (Wildman–Crippen MR) is 114 cm³/mol. The van der Waals surface area contributed by atoms with Crippen LogP contribution >= 0.6 is 11.6 Å². The SMILES string of the molecule is Cc1cc([C@@H]2C[C@@H](C(=O)NCC3CC3)CN(Cc3ccccc3Cl)C2)ccc1F. The molecule has 2 atom stereocenters. The molecule has 0 spiro atoms. The Hall–Kier alpha value is -1.91. The third-order valence-corrected chi connectivity index (χ3v) is 6.53. The van der Waals surface area contributed by atoms with Gasteiger partial charge in [-0.2, -0.15) is 0 Å². The highest BCUT2D eigenvalue weighted by Gasteiger charge is 2.33. The van der Waals surface area contributed by atoms with Gasteiger partial charge < -0.3 is 5.32 Å². The third kappa shape index (κ3) is 5.18. The maximum Gasteiger partial charge on any atom is 0.224 e. The first-order chi connectivity index (χ1) is 14.0. The summed E-state index contributed by atoms with van der Waals surface area (Å²) in [5, 5.41) is 3.90. The molecule has 0 unspecified atom stereocenters. The zero-order valence-electron chi connectivity index (χ0n) is 16.8. The van der Waals surface area contributed by atoms with E-state index in [4.69, 9.17) is 11.6 Å². The molecule has 1 aliphatic heterocycles. The van der Waals surface area contributed by atoms with Crippen molar-refractivity contribution in [3.63, 3.8) is 0 Å². The highest BCUT2D eigenvalue weighted by molar-refractivity contribution is 6.31. The van der Waals surface area contributed by atoms with Crippen LogP contribution in [0, 0.1) is 24.6 Å². The molecule has 1 saturated heterocycles. The lowest BCUT2D eigenvalue weighted by Crippen LogP contribution is -2.45. The number of likely N-dealkylation sites (tertiary alicyclic amines) is 1. The highest BCUT2D eigenvalue weighted by atomic mass is 35.5. The minimum Gasteiger partial charge on any atom is -0.356 e. The van der Waals surface area contributed by atoms with Crippen molar-refractivity contribution in [1.82, 2.24) is 10.2 Å². The van der Waals surface area contributed by atoms with E-state index in [0.717, 1.165) is 42.2 Å². The smallest absolute Gasteiger partial charge is 0.224 e. The van der Waals surface area contributed by atoms with E-state index < -0.39 is 0 Å². The van der Waals surface area contributed by atoms with Crippen LogP contribution in [0.4, 0.5) is 4.39 Å². The molecule has 2 fully saturated rings. The first-order valence-corrected chi connectivity index (χ1v) is 10.9. The summed E-state index contributed by atoms with van der Waals surface area (Å²) >= 11 is 6.38. The van der Waals surface area contributed by atoms with Crippen molar-refractivity contribution in [2.75, 3.05) is 19.6 Å². The van der Waals surface area contributed by atoms with Gasteiger partial charge in [-0.05, 0) is 66.8 Å². The lowest BCUT2D eigenvalue weighted by Gasteiger charge is -2.37. The van der Waals surface area contributed by atoms with E-state index in [-0.39, 0.29) is 23.6 Å². The lowest BCUT2D eigenvalue weighted by atomic mass is 9.83. The van der Waals surface area contributed by atoms with Gasteiger partial charge in [-0.15, -0.1) is 0 Å². The summed E-state index contributed by atoms with van der Waals surface area (Å²) in [4.78, 5) is 15.2. The van der Waals surface area contributed by atoms with E-state index in [1.807, 2.05) is 36.4 Å². The molecule has 0 aromatic heterocycles. The van der Waals surface area contributed by atoms with Crippen LogP contribution < -0.4 is 5.32 Å². The molecular formula is C24H28ClFN2O. The second-order valence-corrected chi connectivity index (χ2v) is 9.02. The van der Waals surface area contributed by atoms with Crippen molar-refractivity contribution in [2.24, 2.45) is 11.8 Å². The van der Waals surface area contributed by atoms with Crippen molar-refractivity contribution in [3.05, 3.63) is 70.0 Å². The van der Waals surface area contributed by atoms with E-state index >= 15 is 0 Å². The van der Waals surface area contributed by atoms with Gasteiger partial charge in [-0.1, -0.05) is 41.9 Å². The molecule has 2 aromatic carbocycles. The topological polar surface area (TPSA) is 32.3 Å². The van der Waals surface area contributed by atoms with E-state index in [1.165, 1.54) is 12.8 Å². The fraction of sp³-hybridized carbons (Fsp3) is 0.458. The van der Waals surface area contributed by atoms with E-state index in [9.17, 15) is 9.18 Å². The number of hydrogen-bond acceptors (Lipinski definition) is 2. The van der Waals surface area contributed by atoms with Crippen molar-refractivity contribution in [3.8, 4) is 0 Å². The molecule has 0 radical (unpaired) electrons. The first kappa shape index (κ1) is 20.4. The number of benzene rings is 2. The number of carbonyl (C=O) groups is 1. The molecule has 1 N–H and O–H groups in total. The number of rotatable bonds is 6. The van der Waals surface area contributed by atoms with E-state index in [1.54, 1.807) is 13.0 Å². The summed E-state index contributed by atoms with van der Waals surface area (Å²) < 4.78 is 13.8. The summed E-state index contributed by atoms with van der Waals surface area (Å²) in [6.07, 6.45) is 3.24. The van der Waals surface area contributed by atoms with Gasteiger partial charge in [-0.25, -0.2) is 4.39 Å². The molecule has 2 aliphatic rings. The lowest BCUT2D eigenvalue weighted by molar-refractivity contribution is -0.127. The zero-order valence-corrected chi connectivity index (χ0v) is 17.6. The van der Waals surface area contributed by atoms with Crippen molar-refractivity contribution < 1.29 is 9.18 Å². The van der Waals surface area contributed by atoms with E-state index in [0.29, 0.717) is 18.0 Å². The fourth-order valence-corrected chi connectivity index (χ4v) is 4.45. The predicted octanol–water partition coefficient (Wildman–Crippen LogP) is 4.92. The van der Waals surface area contributed by atoms with Gasteiger partial charge in [0.15, 0.2) is 0 Å². The van der Waals surface area contributed by atoms with Crippen LogP contribution in [-0.4, -0.2) is 30.4 Å². The van der Waals surface area contributed by atoms with Crippen LogP contribution in [0.25, 0.3) is 0 Å². The van der Waals surface area contributed by atoms with Crippen LogP contribution in [0.1, 0.15) is 41.9 Å². The number of hydrogen-bond donors (Lipinski definition) is 1. The molecule has 154 valence electrons. The molecule has 1 saturated carbocycles. The number of carbonyl (C=O) groups excluding carboxylic acids is 1. The van der Waals surface area contributed by atoms with Gasteiger partial charge in [0, 0.05) is 31.2 Å². The van der Waals surface area contributed by atoms with Crippen LogP contribution in [-0.2, 0) is 11.3 Å². The number of amides is 1. The minimum atomic E-state index is -0.184. The number of halogens is 2. The number of nitrogens with zero attached hydrogens (tertiary/aromatic N) is 1. The molecule has 2 aromatic rings. The number of piperidine rings is 1. The van der Waals surface area contributed by atoms with Gasteiger partial charge in [0.2, 0.25) is 5.91 Å². The molecule has 1 amide bonds. The van der Waals surface area contributed by atoms with Gasteiger partial charge in [0.05, 0.1) is 5.92 Å². The van der Waals surface area contributed by atoms with Crippen LogP contribution in [0.5, 0.6) is 0 Å². The number of aryl methyl sites for hydroxylation is 1. The summed E-state index contributed by atoms with van der Waals surface area (Å²) in [6.45, 7) is 4.85. The summed E-state index contributed by atoms with van der Waals surface area (Å²) in [7, 11) is 0. The Labute approximate surface area is 177 Å². The molecule has 29 heavy (non-hydrogen) atoms. The molecule has 1 heterocycles. The summed E-state index contributed by atoms with van der Waals surface area (Å²) in [6, 6.07) is 13.2. The van der Waals surface area contributed by atoms with Crippen LogP contribution in [0.15, 0.2) is 42.5 Å². The average Bonchev–Trinajstić information content (AvgIpc) is 3.54. The monoisotopic (exact) mass is 414 g/mol. The summed E-state index contributed by atoms with van der Waals surface area (Å²) in [5.74, 6) is 0.751. The fourth-order valence-electron chi connectivity index (χ4n) is 4.25. The standard InChI is InChI=1S/C24H28ClFN2O/c1-16-10-18(8-9-23(16)26)20-11-21(24(29)27-12-17-6-7-17)15-28(14-20)13-19-4-2-3-5-22(19)25/h2-5,8-10,17,20-21H,6-7,11-15H2,1H3,(H,27,29)/t20-,21-/m1/s1. The molecule has 5 heteroatoms. The Morgan fingerprint density at radius 2 is 2.00 bits per heavy atom. The third-order valence-electron chi connectivity index (χ3n) is 6.16. The Morgan fingerprint density at radius 1 is 1.21 bits per heavy atom. The average molecular weight is 415 g/mol. The Morgan fingerprint density at radius 3 is 2.72 bits per heavy atom. The quantitative estimate of drug-likeness (QED) is 0.727. The summed E-state index contributed by atoms with van der Waals surface area (Å²) in [5.41, 5.74) is 2.83. The first-order valence-electron chi connectivity index (χ1n) is 10.5. The van der Waals surface area contributed by atoms with Crippen LogP contribution in [0.2, 0.25) is 5.02 Å². The maximum absolute atomic E-state index is 13.8. The molecule has 0 bridgehead atoms. The minimum absolute atomic E-state index is 0.0691. The largest absolute Gasteiger partial charge is 0.356 e. The van der Waals surface area contributed by atoms with Crippen molar-refractivity contribution >= 4 is 17.5 Å². The van der Waals surface area contributed by atoms with E-state index in [2.05, 4.69) is 10.2 Å². The second-order valence-electron chi connectivity index (χ2n) is 8.61. The molecule has 4 rings (SSSR count).